The van der Waals surface area contributed by atoms with Crippen molar-refractivity contribution < 1.29 is 9.18 Å². The molecule has 0 unspecified atom stereocenters. The lowest BCUT2D eigenvalue weighted by molar-refractivity contribution is 0.0955. The minimum Gasteiger partial charge on any atom is -0.268 e. The number of benzene rings is 1. The molecule has 3 rings (SSSR count). The van der Waals surface area contributed by atoms with Gasteiger partial charge >= 0.3 is 0 Å². The summed E-state index contributed by atoms with van der Waals surface area (Å²) in [4.78, 5) is 28.5. The van der Waals surface area contributed by atoms with E-state index in [2.05, 4.69) is 15.5 Å². The molecule has 2 heterocycles. The first-order chi connectivity index (χ1) is 12.0. The third-order valence-electron chi connectivity index (χ3n) is 3.43. The third kappa shape index (κ3) is 3.56. The Morgan fingerprint density at radius 1 is 1.28 bits per heavy atom. The number of rotatable bonds is 3. The van der Waals surface area contributed by atoms with Gasteiger partial charge in [-0.25, -0.2) is 14.8 Å². The smallest absolute Gasteiger partial charge is 0.268 e. The van der Waals surface area contributed by atoms with Gasteiger partial charge in [-0.1, -0.05) is 17.7 Å². The zero-order valence-electron chi connectivity index (χ0n) is 13.0. The van der Waals surface area contributed by atoms with Crippen LogP contribution in [0.4, 0.5) is 4.39 Å². The van der Waals surface area contributed by atoms with E-state index in [4.69, 9.17) is 11.6 Å². The van der Waals surface area contributed by atoms with Gasteiger partial charge in [-0.3, -0.25) is 14.0 Å². The Kier molecular flexibility index (Phi) is 4.58. The number of amides is 1. The summed E-state index contributed by atoms with van der Waals surface area (Å²) in [6, 6.07) is 8.47. The zero-order chi connectivity index (χ0) is 18.0. The SMILES string of the molecule is Cc1ccc2nc(Cl)c(C=NNC(=O)c3ccc(F)cc3)c(=O)n2c1. The van der Waals surface area contributed by atoms with E-state index in [0.29, 0.717) is 5.65 Å². The second-order valence-electron chi connectivity index (χ2n) is 5.26. The van der Waals surface area contributed by atoms with E-state index < -0.39 is 17.3 Å². The molecule has 0 saturated heterocycles. The van der Waals surface area contributed by atoms with Crippen molar-refractivity contribution in [3.8, 4) is 0 Å². The molecule has 2 aromatic heterocycles. The molecule has 8 heteroatoms. The highest BCUT2D eigenvalue weighted by Gasteiger charge is 2.10. The molecule has 1 N–H and O–H groups in total. The molecule has 0 aliphatic heterocycles. The van der Waals surface area contributed by atoms with Crippen LogP contribution in [0.15, 0.2) is 52.5 Å². The van der Waals surface area contributed by atoms with Crippen LogP contribution in [-0.4, -0.2) is 21.5 Å². The molecule has 0 spiro atoms. The van der Waals surface area contributed by atoms with Gasteiger partial charge in [0.1, 0.15) is 16.6 Å². The van der Waals surface area contributed by atoms with E-state index in [1.165, 1.54) is 16.5 Å². The van der Waals surface area contributed by atoms with E-state index in [-0.39, 0.29) is 16.3 Å². The number of pyridine rings is 1. The summed E-state index contributed by atoms with van der Waals surface area (Å²) < 4.78 is 14.2. The molecule has 1 amide bonds. The first kappa shape index (κ1) is 16.8. The summed E-state index contributed by atoms with van der Waals surface area (Å²) in [7, 11) is 0. The molecule has 0 fully saturated rings. The molecular weight excluding hydrogens is 347 g/mol. The van der Waals surface area contributed by atoms with Gasteiger partial charge in [0.2, 0.25) is 0 Å². The number of hydrogen-bond acceptors (Lipinski definition) is 4. The van der Waals surface area contributed by atoms with Gasteiger partial charge in [-0.15, -0.1) is 0 Å². The van der Waals surface area contributed by atoms with Crippen LogP contribution in [0, 0.1) is 12.7 Å². The Morgan fingerprint density at radius 2 is 2.00 bits per heavy atom. The average molecular weight is 359 g/mol. The summed E-state index contributed by atoms with van der Waals surface area (Å²) in [5.41, 5.74) is 3.42. The molecule has 0 aliphatic carbocycles. The largest absolute Gasteiger partial charge is 0.271 e. The van der Waals surface area contributed by atoms with Crippen molar-refractivity contribution in [2.75, 3.05) is 0 Å². The van der Waals surface area contributed by atoms with Crippen molar-refractivity contribution in [2.45, 2.75) is 6.92 Å². The van der Waals surface area contributed by atoms with Crippen LogP contribution in [0.5, 0.6) is 0 Å². The lowest BCUT2D eigenvalue weighted by Gasteiger charge is -2.04. The fourth-order valence-corrected chi connectivity index (χ4v) is 2.38. The molecule has 25 heavy (non-hydrogen) atoms. The first-order valence-corrected chi connectivity index (χ1v) is 7.61. The summed E-state index contributed by atoms with van der Waals surface area (Å²) in [6.07, 6.45) is 2.77. The molecule has 0 atom stereocenters. The Hall–Kier alpha value is -3.06. The summed E-state index contributed by atoms with van der Waals surface area (Å²) >= 11 is 6.03. The quantitative estimate of drug-likeness (QED) is 0.444. The predicted octanol–water partition coefficient (Wildman–Crippen LogP) is 2.56. The van der Waals surface area contributed by atoms with Gasteiger partial charge in [-0.05, 0) is 42.8 Å². The van der Waals surface area contributed by atoms with Crippen molar-refractivity contribution in [1.82, 2.24) is 14.8 Å². The van der Waals surface area contributed by atoms with Gasteiger partial charge in [-0.2, -0.15) is 5.10 Å². The lowest BCUT2D eigenvalue weighted by atomic mass is 10.2. The van der Waals surface area contributed by atoms with E-state index in [9.17, 15) is 14.0 Å². The van der Waals surface area contributed by atoms with E-state index in [0.717, 1.165) is 23.9 Å². The molecule has 6 nitrogen and oxygen atoms in total. The molecule has 126 valence electrons. The highest BCUT2D eigenvalue weighted by Crippen LogP contribution is 2.10. The second-order valence-corrected chi connectivity index (χ2v) is 5.62. The molecular formula is C17H12ClFN4O2. The number of nitrogens with one attached hydrogen (secondary N) is 1. The monoisotopic (exact) mass is 358 g/mol. The van der Waals surface area contributed by atoms with Crippen molar-refractivity contribution >= 4 is 29.4 Å². The maximum atomic E-state index is 12.8. The van der Waals surface area contributed by atoms with Crippen LogP contribution in [0.3, 0.4) is 0 Å². The normalized spacial score (nSPS) is 11.2. The number of nitrogens with zero attached hydrogens (tertiary/aromatic N) is 3. The molecule has 0 radical (unpaired) electrons. The maximum absolute atomic E-state index is 12.8. The van der Waals surface area contributed by atoms with Gasteiger partial charge in [0.05, 0.1) is 11.8 Å². The number of fused-ring (bicyclic) bond motifs is 1. The van der Waals surface area contributed by atoms with Crippen LogP contribution in [0.1, 0.15) is 21.5 Å². The van der Waals surface area contributed by atoms with Crippen molar-refractivity contribution in [1.29, 1.82) is 0 Å². The van der Waals surface area contributed by atoms with E-state index >= 15 is 0 Å². The van der Waals surface area contributed by atoms with Crippen LogP contribution < -0.4 is 11.0 Å². The topological polar surface area (TPSA) is 75.8 Å². The van der Waals surface area contributed by atoms with Crippen LogP contribution in [0.2, 0.25) is 5.15 Å². The van der Waals surface area contributed by atoms with Gasteiger partial charge in [0.25, 0.3) is 11.5 Å². The minimum atomic E-state index is -0.544. The fourth-order valence-electron chi connectivity index (χ4n) is 2.16. The van der Waals surface area contributed by atoms with Gasteiger partial charge < -0.3 is 0 Å². The Labute approximate surface area is 146 Å². The Bertz CT molecular complexity index is 1040. The second kappa shape index (κ2) is 6.82. The van der Waals surface area contributed by atoms with Gasteiger partial charge in [0, 0.05) is 11.8 Å². The van der Waals surface area contributed by atoms with Crippen LogP contribution >= 0.6 is 11.6 Å². The van der Waals surface area contributed by atoms with Crippen LogP contribution in [-0.2, 0) is 0 Å². The summed E-state index contributed by atoms with van der Waals surface area (Å²) in [5.74, 6) is -0.991. The molecule has 3 aromatic rings. The Balaban J connectivity index is 1.87. The standard InChI is InChI=1S/C17H12ClFN4O2/c1-10-2-7-14-21-15(18)13(17(25)23(14)9-10)8-20-22-16(24)11-3-5-12(19)6-4-11/h2-9H,1H3,(H,22,24). The highest BCUT2D eigenvalue weighted by atomic mass is 35.5. The first-order valence-electron chi connectivity index (χ1n) is 7.23. The van der Waals surface area contributed by atoms with Crippen LogP contribution in [0.25, 0.3) is 5.65 Å². The number of carbonyl (C=O) groups is 1. The molecule has 1 aromatic carbocycles. The number of carbonyl (C=O) groups excluding carboxylic acids is 1. The number of halogens is 2. The van der Waals surface area contributed by atoms with Crippen molar-refractivity contribution in [2.24, 2.45) is 5.10 Å². The lowest BCUT2D eigenvalue weighted by Crippen LogP contribution is -2.22. The Morgan fingerprint density at radius 3 is 2.72 bits per heavy atom. The predicted molar refractivity (Wildman–Crippen MR) is 92.7 cm³/mol. The van der Waals surface area contributed by atoms with E-state index in [1.54, 1.807) is 12.3 Å². The molecule has 0 aliphatic rings. The molecule has 0 saturated carbocycles. The zero-order valence-corrected chi connectivity index (χ0v) is 13.8. The van der Waals surface area contributed by atoms with E-state index in [1.807, 2.05) is 13.0 Å². The number of aryl methyl sites for hydroxylation is 1. The molecule has 0 bridgehead atoms. The number of aromatic nitrogens is 2. The van der Waals surface area contributed by atoms with Crippen molar-refractivity contribution in [3.63, 3.8) is 0 Å². The average Bonchev–Trinajstić information content (AvgIpc) is 2.59. The minimum absolute atomic E-state index is 0.0198. The van der Waals surface area contributed by atoms with Crippen molar-refractivity contribution in [3.05, 3.63) is 80.6 Å². The number of hydrazone groups is 1. The fraction of sp³-hybridized carbons (Fsp3) is 0.0588. The van der Waals surface area contributed by atoms with Gasteiger partial charge in [0.15, 0.2) is 0 Å². The highest BCUT2D eigenvalue weighted by molar-refractivity contribution is 6.32. The number of hydrogen-bond donors (Lipinski definition) is 1. The maximum Gasteiger partial charge on any atom is 0.271 e. The summed E-state index contributed by atoms with van der Waals surface area (Å²) in [6.45, 7) is 1.84. The summed E-state index contributed by atoms with van der Waals surface area (Å²) in [5, 5.41) is 3.72. The third-order valence-corrected chi connectivity index (χ3v) is 3.71.